The van der Waals surface area contributed by atoms with Gasteiger partial charge in [0.2, 0.25) is 0 Å². The van der Waals surface area contributed by atoms with Crippen LogP contribution in [0.4, 0.5) is 0 Å². The number of aliphatic hydroxyl groups is 1. The minimum Gasteiger partial charge on any atom is -0.468 e. The molecule has 0 aliphatic carbocycles. The number of aliphatic hydroxyl groups excluding tert-OH is 1. The molecule has 0 aromatic carbocycles. The zero-order valence-corrected chi connectivity index (χ0v) is 8.55. The van der Waals surface area contributed by atoms with Gasteiger partial charge >= 0.3 is 5.97 Å². The molecule has 60 valence electrons. The Kier molecular flexibility index (Phi) is 5.29. The summed E-state index contributed by atoms with van der Waals surface area (Å²) < 4.78 is 4.37. The molecule has 3 nitrogen and oxygen atoms in total. The summed E-state index contributed by atoms with van der Waals surface area (Å²) in [7, 11) is 1.28. The lowest BCUT2D eigenvalue weighted by Crippen LogP contribution is -2.30. The molecule has 2 atom stereocenters. The summed E-state index contributed by atoms with van der Waals surface area (Å²) >= 11 is 6.00. The van der Waals surface area contributed by atoms with Gasteiger partial charge < -0.3 is 9.84 Å². The van der Waals surface area contributed by atoms with Crippen LogP contribution in [0.2, 0.25) is 0 Å². The maximum absolute atomic E-state index is 10.7. The Morgan fingerprint density at radius 1 is 1.80 bits per heavy atom. The number of hydrogen-bond acceptors (Lipinski definition) is 3. The summed E-state index contributed by atoms with van der Waals surface area (Å²) in [5.74, 6) is -0.466. The van der Waals surface area contributed by atoms with Crippen molar-refractivity contribution in [2.75, 3.05) is 12.4 Å². The highest BCUT2D eigenvalue weighted by Crippen LogP contribution is 2.09. The minimum atomic E-state index is -0.743. The van der Waals surface area contributed by atoms with E-state index in [4.69, 9.17) is 5.11 Å². The van der Waals surface area contributed by atoms with Gasteiger partial charge in [0.25, 0.3) is 0 Å². The average molecular weight is 276 g/mol. The number of halogens is 2. The fraction of sp³-hybridized carbons (Fsp3) is 0.800. The van der Waals surface area contributed by atoms with Crippen LogP contribution in [0.25, 0.3) is 0 Å². The Morgan fingerprint density at radius 3 is 2.60 bits per heavy atom. The van der Waals surface area contributed by atoms with Crippen molar-refractivity contribution in [1.29, 1.82) is 0 Å². The Labute approximate surface area is 76.0 Å². The van der Waals surface area contributed by atoms with Gasteiger partial charge in [0, 0.05) is 5.33 Å². The number of ether oxygens (including phenoxy) is 1. The summed E-state index contributed by atoms with van der Waals surface area (Å²) in [5.41, 5.74) is 0. The molecule has 0 aromatic rings. The van der Waals surface area contributed by atoms with Gasteiger partial charge in [-0.2, -0.15) is 0 Å². The summed E-state index contributed by atoms with van der Waals surface area (Å²) in [5, 5.41) is 9.38. The first-order chi connectivity index (χ1) is 4.63. The molecule has 0 fully saturated rings. The standard InChI is InChI=1S/C5H8Br2O3/c1-10-5(9)4(7)3(8)2-6/h3-4,8H,2H2,1H3. The van der Waals surface area contributed by atoms with E-state index in [9.17, 15) is 4.79 Å². The molecule has 0 rings (SSSR count). The molecular weight excluding hydrogens is 268 g/mol. The summed E-state index contributed by atoms with van der Waals surface area (Å²) in [6.45, 7) is 0. The van der Waals surface area contributed by atoms with Crippen molar-refractivity contribution in [2.24, 2.45) is 0 Å². The fourth-order valence-corrected chi connectivity index (χ4v) is 1.60. The molecule has 0 heterocycles. The van der Waals surface area contributed by atoms with Gasteiger partial charge in [-0.05, 0) is 0 Å². The van der Waals surface area contributed by atoms with Crippen LogP contribution < -0.4 is 0 Å². The lowest BCUT2D eigenvalue weighted by atomic mass is 10.3. The number of carbonyl (C=O) groups excluding carboxylic acids is 1. The van der Waals surface area contributed by atoms with Crippen LogP contribution in [0.3, 0.4) is 0 Å². The fourth-order valence-electron chi connectivity index (χ4n) is 0.348. The second kappa shape index (κ2) is 5.09. The number of hydrogen-bond donors (Lipinski definition) is 1. The summed E-state index contributed by atoms with van der Waals surface area (Å²) in [6, 6.07) is 0. The van der Waals surface area contributed by atoms with Crippen molar-refractivity contribution < 1.29 is 14.6 Å². The highest BCUT2D eigenvalue weighted by Gasteiger charge is 2.23. The monoisotopic (exact) mass is 274 g/mol. The van der Waals surface area contributed by atoms with Gasteiger partial charge in [-0.25, -0.2) is 0 Å². The van der Waals surface area contributed by atoms with Crippen LogP contribution in [0.1, 0.15) is 0 Å². The molecule has 0 radical (unpaired) electrons. The Morgan fingerprint density at radius 2 is 2.30 bits per heavy atom. The van der Waals surface area contributed by atoms with Gasteiger partial charge in [0.15, 0.2) is 0 Å². The van der Waals surface area contributed by atoms with E-state index in [1.165, 1.54) is 7.11 Å². The molecule has 0 bridgehead atoms. The van der Waals surface area contributed by atoms with E-state index in [2.05, 4.69) is 36.6 Å². The van der Waals surface area contributed by atoms with Crippen LogP contribution in [0.15, 0.2) is 0 Å². The highest BCUT2D eigenvalue weighted by atomic mass is 79.9. The Balaban J connectivity index is 3.81. The topological polar surface area (TPSA) is 46.5 Å². The number of methoxy groups -OCH3 is 1. The molecule has 10 heavy (non-hydrogen) atoms. The van der Waals surface area contributed by atoms with Crippen LogP contribution in [0, 0.1) is 0 Å². The van der Waals surface area contributed by atoms with Gasteiger partial charge in [0.05, 0.1) is 13.2 Å². The smallest absolute Gasteiger partial charge is 0.322 e. The van der Waals surface area contributed by atoms with Crippen molar-refractivity contribution >= 4 is 37.8 Å². The molecule has 0 aliphatic rings. The number of alkyl halides is 2. The Hall–Kier alpha value is 0.390. The van der Waals surface area contributed by atoms with E-state index in [1.54, 1.807) is 0 Å². The third-order valence-electron chi connectivity index (χ3n) is 0.922. The largest absolute Gasteiger partial charge is 0.468 e. The number of carbonyl (C=O) groups is 1. The van der Waals surface area contributed by atoms with E-state index >= 15 is 0 Å². The zero-order valence-electron chi connectivity index (χ0n) is 5.38. The third kappa shape index (κ3) is 2.98. The molecule has 0 spiro atoms. The maximum Gasteiger partial charge on any atom is 0.322 e. The zero-order chi connectivity index (χ0) is 8.15. The number of esters is 1. The van der Waals surface area contributed by atoms with Crippen molar-refractivity contribution in [3.8, 4) is 0 Å². The SMILES string of the molecule is COC(=O)C(Br)C(O)CBr. The molecule has 2 unspecified atom stereocenters. The molecule has 0 amide bonds. The first-order valence-corrected chi connectivity index (χ1v) is 4.63. The predicted molar refractivity (Wildman–Crippen MR) is 44.5 cm³/mol. The van der Waals surface area contributed by atoms with Crippen LogP contribution >= 0.6 is 31.9 Å². The summed E-state index contributed by atoms with van der Waals surface area (Å²) in [4.78, 5) is 10.0. The van der Waals surface area contributed by atoms with E-state index in [0.717, 1.165) is 0 Å². The molecule has 0 saturated heterocycles. The minimum absolute atomic E-state index is 0.345. The molecule has 0 saturated carbocycles. The third-order valence-corrected chi connectivity index (χ3v) is 2.57. The molecule has 0 aliphatic heterocycles. The van der Waals surface area contributed by atoms with Crippen LogP contribution in [0.5, 0.6) is 0 Å². The van der Waals surface area contributed by atoms with Crippen molar-refractivity contribution in [3.63, 3.8) is 0 Å². The van der Waals surface area contributed by atoms with Crippen LogP contribution in [-0.4, -0.2) is 34.4 Å². The lowest BCUT2D eigenvalue weighted by Gasteiger charge is -2.11. The van der Waals surface area contributed by atoms with Gasteiger partial charge in [-0.3, -0.25) is 4.79 Å². The Bertz CT molecular complexity index is 117. The normalized spacial score (nSPS) is 16.0. The van der Waals surface area contributed by atoms with E-state index in [-0.39, 0.29) is 0 Å². The molecule has 1 N–H and O–H groups in total. The van der Waals surface area contributed by atoms with E-state index < -0.39 is 16.9 Å². The first kappa shape index (κ1) is 10.4. The predicted octanol–water partition coefficient (Wildman–Crippen LogP) is 0.679. The van der Waals surface area contributed by atoms with Crippen molar-refractivity contribution in [1.82, 2.24) is 0 Å². The van der Waals surface area contributed by atoms with Gasteiger partial charge in [-0.1, -0.05) is 31.9 Å². The van der Waals surface area contributed by atoms with Crippen molar-refractivity contribution in [3.05, 3.63) is 0 Å². The first-order valence-electron chi connectivity index (χ1n) is 2.59. The second-order valence-electron chi connectivity index (χ2n) is 1.65. The lowest BCUT2D eigenvalue weighted by molar-refractivity contribution is -0.141. The van der Waals surface area contributed by atoms with E-state index in [0.29, 0.717) is 5.33 Å². The van der Waals surface area contributed by atoms with Crippen molar-refractivity contribution in [2.45, 2.75) is 10.9 Å². The summed E-state index contributed by atoms with van der Waals surface area (Å²) in [6.07, 6.45) is -0.743. The highest BCUT2D eigenvalue weighted by molar-refractivity contribution is 9.10. The number of rotatable bonds is 3. The van der Waals surface area contributed by atoms with E-state index in [1.807, 2.05) is 0 Å². The molecular formula is C5H8Br2O3. The van der Waals surface area contributed by atoms with Gasteiger partial charge in [-0.15, -0.1) is 0 Å². The average Bonchev–Trinajstić information content (AvgIpc) is 2.00. The maximum atomic E-state index is 10.7. The molecule has 5 heteroatoms. The van der Waals surface area contributed by atoms with Gasteiger partial charge in [0.1, 0.15) is 4.83 Å². The quantitative estimate of drug-likeness (QED) is 0.609. The molecule has 0 aromatic heterocycles. The van der Waals surface area contributed by atoms with Crippen LogP contribution in [-0.2, 0) is 9.53 Å². The second-order valence-corrected chi connectivity index (χ2v) is 3.28.